The van der Waals surface area contributed by atoms with Crippen LogP contribution in [0.1, 0.15) is 5.56 Å². The molecule has 1 aromatic carbocycles. The van der Waals surface area contributed by atoms with E-state index in [-0.39, 0.29) is 0 Å². The molecule has 1 aromatic heterocycles. The molecule has 74 valence electrons. The smallest absolute Gasteiger partial charge is 0.129 e. The molecule has 2 aromatic rings. The monoisotopic (exact) mass is 199 g/mol. The minimum atomic E-state index is 0.397. The fourth-order valence-corrected chi connectivity index (χ4v) is 1.49. The summed E-state index contributed by atoms with van der Waals surface area (Å²) in [5, 5.41) is 9.63. The van der Waals surface area contributed by atoms with E-state index in [9.17, 15) is 0 Å². The molecule has 0 atom stereocenters. The van der Waals surface area contributed by atoms with Gasteiger partial charge in [-0.3, -0.25) is 4.98 Å². The van der Waals surface area contributed by atoms with Crippen LogP contribution in [0.5, 0.6) is 5.75 Å². The van der Waals surface area contributed by atoms with Crippen LogP contribution in [0.4, 0.5) is 5.69 Å². The van der Waals surface area contributed by atoms with Gasteiger partial charge in [0.15, 0.2) is 0 Å². The molecule has 0 aliphatic heterocycles. The Hall–Kier alpha value is -2.28. The second kappa shape index (κ2) is 3.46. The maximum atomic E-state index is 8.82. The lowest BCUT2D eigenvalue weighted by atomic mass is 10.1. The summed E-state index contributed by atoms with van der Waals surface area (Å²) in [6.07, 6.45) is 1.61. The predicted molar refractivity (Wildman–Crippen MR) is 57.4 cm³/mol. The van der Waals surface area contributed by atoms with Crippen molar-refractivity contribution in [2.45, 2.75) is 0 Å². The summed E-state index contributed by atoms with van der Waals surface area (Å²) in [7, 11) is 1.59. The van der Waals surface area contributed by atoms with E-state index in [1.165, 1.54) is 0 Å². The molecule has 4 nitrogen and oxygen atoms in total. The summed E-state index contributed by atoms with van der Waals surface area (Å²) in [6.45, 7) is 0. The average Bonchev–Trinajstić information content (AvgIpc) is 2.29. The molecule has 0 aliphatic carbocycles. The van der Waals surface area contributed by atoms with Crippen LogP contribution in [-0.4, -0.2) is 12.1 Å². The van der Waals surface area contributed by atoms with Gasteiger partial charge in [-0.1, -0.05) is 0 Å². The van der Waals surface area contributed by atoms with Crippen LogP contribution in [0.3, 0.4) is 0 Å². The van der Waals surface area contributed by atoms with Gasteiger partial charge >= 0.3 is 0 Å². The van der Waals surface area contributed by atoms with Crippen molar-refractivity contribution in [3.05, 3.63) is 30.0 Å². The highest BCUT2D eigenvalue weighted by molar-refractivity contribution is 5.95. The minimum Gasteiger partial charge on any atom is -0.496 e. The van der Waals surface area contributed by atoms with E-state index in [4.69, 9.17) is 15.7 Å². The Bertz CT molecular complexity index is 557. The van der Waals surface area contributed by atoms with Crippen molar-refractivity contribution in [1.29, 1.82) is 5.26 Å². The first-order valence-electron chi connectivity index (χ1n) is 4.39. The average molecular weight is 199 g/mol. The zero-order chi connectivity index (χ0) is 10.8. The first-order chi connectivity index (χ1) is 7.27. The van der Waals surface area contributed by atoms with Crippen LogP contribution < -0.4 is 10.5 Å². The zero-order valence-corrected chi connectivity index (χ0v) is 8.19. The number of nitriles is 1. The molecule has 4 heteroatoms. The summed E-state index contributed by atoms with van der Waals surface area (Å²) < 4.78 is 5.18. The number of anilines is 1. The second-order valence-corrected chi connectivity index (χ2v) is 3.05. The molecule has 0 amide bonds. The summed E-state index contributed by atoms with van der Waals surface area (Å²) >= 11 is 0. The van der Waals surface area contributed by atoms with Crippen LogP contribution in [0.15, 0.2) is 24.4 Å². The highest BCUT2D eigenvalue weighted by atomic mass is 16.5. The Morgan fingerprint density at radius 2 is 2.20 bits per heavy atom. The summed E-state index contributed by atoms with van der Waals surface area (Å²) in [5.74, 6) is 0.705. The third-order valence-electron chi connectivity index (χ3n) is 2.25. The minimum absolute atomic E-state index is 0.397. The number of nitrogen functional groups attached to an aromatic ring is 1. The molecule has 0 saturated heterocycles. The second-order valence-electron chi connectivity index (χ2n) is 3.05. The standard InChI is InChI=1S/C11H9N3O/c1-15-9-4-5-14-11-8(9)3-2-7(6-12)10(11)13/h2-5H,13H2,1H3. The molecule has 2 rings (SSSR count). The lowest BCUT2D eigenvalue weighted by Gasteiger charge is -2.06. The predicted octanol–water partition coefficient (Wildman–Crippen LogP) is 1.70. The Morgan fingerprint density at radius 1 is 1.40 bits per heavy atom. The number of nitrogens with two attached hydrogens (primary N) is 1. The van der Waals surface area contributed by atoms with Crippen molar-refractivity contribution in [3.8, 4) is 11.8 Å². The first kappa shape index (κ1) is 9.28. The summed E-state index contributed by atoms with van der Waals surface area (Å²) in [6, 6.07) is 7.23. The van der Waals surface area contributed by atoms with Crippen molar-refractivity contribution < 1.29 is 4.74 Å². The normalized spacial score (nSPS) is 9.87. The number of methoxy groups -OCH3 is 1. The molecule has 0 saturated carbocycles. The van der Waals surface area contributed by atoms with Gasteiger partial charge in [-0.05, 0) is 18.2 Å². The zero-order valence-electron chi connectivity index (χ0n) is 8.19. The van der Waals surface area contributed by atoms with Crippen molar-refractivity contribution in [1.82, 2.24) is 4.98 Å². The van der Waals surface area contributed by atoms with E-state index < -0.39 is 0 Å². The molecule has 0 unspecified atom stereocenters. The summed E-state index contributed by atoms with van der Waals surface area (Å²) in [4.78, 5) is 4.14. The lowest BCUT2D eigenvalue weighted by molar-refractivity contribution is 0.419. The number of aromatic nitrogens is 1. The lowest BCUT2D eigenvalue weighted by Crippen LogP contribution is -1.95. The molecule has 2 N–H and O–H groups in total. The number of rotatable bonds is 1. The maximum absolute atomic E-state index is 8.82. The Morgan fingerprint density at radius 3 is 2.87 bits per heavy atom. The Labute approximate surface area is 86.9 Å². The van der Waals surface area contributed by atoms with Gasteiger partial charge in [0.2, 0.25) is 0 Å². The van der Waals surface area contributed by atoms with Crippen molar-refractivity contribution >= 4 is 16.6 Å². The van der Waals surface area contributed by atoms with E-state index in [1.807, 2.05) is 6.07 Å². The van der Waals surface area contributed by atoms with Crippen LogP contribution in [0, 0.1) is 11.3 Å². The molecule has 0 spiro atoms. The van der Waals surface area contributed by atoms with E-state index >= 15 is 0 Å². The van der Waals surface area contributed by atoms with E-state index in [1.54, 1.807) is 31.5 Å². The van der Waals surface area contributed by atoms with E-state index in [0.29, 0.717) is 22.5 Å². The van der Waals surface area contributed by atoms with Gasteiger partial charge in [0.1, 0.15) is 11.8 Å². The highest BCUT2D eigenvalue weighted by Crippen LogP contribution is 2.29. The van der Waals surface area contributed by atoms with Gasteiger partial charge in [0, 0.05) is 11.6 Å². The fraction of sp³-hybridized carbons (Fsp3) is 0.0909. The Balaban J connectivity index is 2.85. The van der Waals surface area contributed by atoms with Gasteiger partial charge in [-0.25, -0.2) is 0 Å². The van der Waals surface area contributed by atoms with Crippen molar-refractivity contribution in [2.75, 3.05) is 12.8 Å². The number of hydrogen-bond donors (Lipinski definition) is 1. The van der Waals surface area contributed by atoms with Crippen molar-refractivity contribution in [2.24, 2.45) is 0 Å². The van der Waals surface area contributed by atoms with Gasteiger partial charge in [0.25, 0.3) is 0 Å². The topological polar surface area (TPSA) is 71.9 Å². The summed E-state index contributed by atoms with van der Waals surface area (Å²) in [5.41, 5.74) is 7.25. The largest absolute Gasteiger partial charge is 0.496 e. The maximum Gasteiger partial charge on any atom is 0.129 e. The number of ether oxygens (including phenoxy) is 1. The molecule has 15 heavy (non-hydrogen) atoms. The van der Waals surface area contributed by atoms with Gasteiger partial charge in [-0.2, -0.15) is 5.26 Å². The van der Waals surface area contributed by atoms with Gasteiger partial charge in [0.05, 0.1) is 23.9 Å². The van der Waals surface area contributed by atoms with Gasteiger partial charge < -0.3 is 10.5 Å². The van der Waals surface area contributed by atoms with Crippen LogP contribution in [-0.2, 0) is 0 Å². The number of benzene rings is 1. The number of nitrogens with zero attached hydrogens (tertiary/aromatic N) is 2. The highest BCUT2D eigenvalue weighted by Gasteiger charge is 2.08. The first-order valence-corrected chi connectivity index (χ1v) is 4.39. The van der Waals surface area contributed by atoms with Gasteiger partial charge in [-0.15, -0.1) is 0 Å². The third kappa shape index (κ3) is 1.34. The molecule has 1 heterocycles. The van der Waals surface area contributed by atoms with Crippen LogP contribution >= 0.6 is 0 Å². The SMILES string of the molecule is COc1ccnc2c(N)c(C#N)ccc12. The van der Waals surface area contributed by atoms with Crippen LogP contribution in [0.25, 0.3) is 10.9 Å². The molecule has 0 aliphatic rings. The molecular formula is C11H9N3O. The van der Waals surface area contributed by atoms with Crippen molar-refractivity contribution in [3.63, 3.8) is 0 Å². The van der Waals surface area contributed by atoms with Crippen LogP contribution in [0.2, 0.25) is 0 Å². The molecular weight excluding hydrogens is 190 g/mol. The third-order valence-corrected chi connectivity index (χ3v) is 2.25. The Kier molecular flexibility index (Phi) is 2.14. The molecule has 0 bridgehead atoms. The molecule has 0 fully saturated rings. The quantitative estimate of drug-likeness (QED) is 0.709. The van der Waals surface area contributed by atoms with E-state index in [0.717, 1.165) is 5.39 Å². The molecule has 0 radical (unpaired) electrons. The fourth-order valence-electron chi connectivity index (χ4n) is 1.49. The number of pyridine rings is 1. The van der Waals surface area contributed by atoms with E-state index in [2.05, 4.69) is 4.98 Å². The number of hydrogen-bond acceptors (Lipinski definition) is 4. The number of fused-ring (bicyclic) bond motifs is 1.